The number of hydrogen-bond donors (Lipinski definition) is 2. The number of nitrogens with zero attached hydrogens (tertiary/aromatic N) is 4. The van der Waals surface area contributed by atoms with Gasteiger partial charge in [-0.25, -0.2) is 17.8 Å². The van der Waals surface area contributed by atoms with E-state index in [2.05, 4.69) is 25.6 Å². The number of anilines is 1. The second-order valence-corrected chi connectivity index (χ2v) is 8.91. The van der Waals surface area contributed by atoms with Crippen LogP contribution in [0.2, 0.25) is 10.0 Å². The Hall–Kier alpha value is -2.53. The van der Waals surface area contributed by atoms with Crippen molar-refractivity contribution in [2.75, 3.05) is 5.32 Å². The number of benzene rings is 2. The average molecular weight is 453 g/mol. The number of amides is 1. The number of sulfonamides is 1. The van der Waals surface area contributed by atoms with Gasteiger partial charge in [0.2, 0.25) is 10.0 Å². The number of nitrogens with one attached hydrogen (secondary N) is 2. The lowest BCUT2D eigenvalue weighted by Gasteiger charge is -2.12. The molecule has 2 aromatic carbocycles. The Morgan fingerprint density at radius 2 is 1.83 bits per heavy atom. The van der Waals surface area contributed by atoms with Crippen molar-refractivity contribution in [1.82, 2.24) is 24.9 Å². The number of carbonyl (C=O) groups excluding carboxylic acids is 1. The van der Waals surface area contributed by atoms with E-state index >= 15 is 0 Å². The summed E-state index contributed by atoms with van der Waals surface area (Å²) in [6, 6.07) is 9.08. The lowest BCUT2D eigenvalue weighted by molar-refractivity contribution is 0.102. The molecule has 0 radical (unpaired) electrons. The first-order valence-electron chi connectivity index (χ1n) is 8.49. The van der Waals surface area contributed by atoms with Crippen LogP contribution in [0.4, 0.5) is 5.69 Å². The minimum absolute atomic E-state index is 0.00297. The number of hydrogen-bond acceptors (Lipinski definition) is 6. The summed E-state index contributed by atoms with van der Waals surface area (Å²) in [4.78, 5) is 12.5. The molecule has 0 atom stereocenters. The third kappa shape index (κ3) is 4.40. The van der Waals surface area contributed by atoms with E-state index in [0.29, 0.717) is 11.4 Å². The molecule has 1 saturated carbocycles. The van der Waals surface area contributed by atoms with Crippen LogP contribution in [0.3, 0.4) is 0 Å². The topological polar surface area (TPSA) is 119 Å². The van der Waals surface area contributed by atoms with E-state index in [1.54, 1.807) is 24.3 Å². The molecule has 0 bridgehead atoms. The number of carbonyl (C=O) groups is 1. The van der Waals surface area contributed by atoms with Crippen LogP contribution in [0, 0.1) is 0 Å². The molecule has 3 aromatic rings. The molecule has 4 rings (SSSR count). The van der Waals surface area contributed by atoms with Gasteiger partial charge in [0.1, 0.15) is 11.2 Å². The molecule has 2 N–H and O–H groups in total. The molecule has 1 aliphatic rings. The molecule has 1 amide bonds. The third-order valence-corrected chi connectivity index (χ3v) is 6.49. The molecule has 1 aromatic heterocycles. The quantitative estimate of drug-likeness (QED) is 0.593. The van der Waals surface area contributed by atoms with E-state index in [0.717, 1.165) is 12.8 Å². The molecule has 0 unspecified atom stereocenters. The highest BCUT2D eigenvalue weighted by Gasteiger charge is 2.30. The second kappa shape index (κ2) is 7.71. The lowest BCUT2D eigenvalue weighted by atomic mass is 10.2. The monoisotopic (exact) mass is 452 g/mol. The fraction of sp³-hybridized carbons (Fsp3) is 0.176. The van der Waals surface area contributed by atoms with Crippen molar-refractivity contribution in [2.24, 2.45) is 0 Å². The van der Waals surface area contributed by atoms with Crippen molar-refractivity contribution in [1.29, 1.82) is 0 Å². The normalized spacial score (nSPS) is 14.0. The Kier molecular flexibility index (Phi) is 5.26. The minimum Gasteiger partial charge on any atom is -0.322 e. The maximum atomic E-state index is 12.7. The van der Waals surface area contributed by atoms with E-state index in [-0.39, 0.29) is 26.5 Å². The van der Waals surface area contributed by atoms with Crippen molar-refractivity contribution in [3.05, 3.63) is 58.3 Å². The number of rotatable bonds is 6. The summed E-state index contributed by atoms with van der Waals surface area (Å²) in [5.74, 6) is -0.565. The van der Waals surface area contributed by atoms with Crippen LogP contribution >= 0.6 is 23.2 Å². The molecule has 12 heteroatoms. The largest absolute Gasteiger partial charge is 0.322 e. The van der Waals surface area contributed by atoms with E-state index in [1.807, 2.05) is 0 Å². The zero-order valence-corrected chi connectivity index (χ0v) is 17.0. The van der Waals surface area contributed by atoms with Gasteiger partial charge in [-0.3, -0.25) is 4.79 Å². The molecule has 29 heavy (non-hydrogen) atoms. The Balaban J connectivity index is 1.57. The molecule has 1 fully saturated rings. The number of tetrazole rings is 1. The fourth-order valence-corrected chi connectivity index (χ4v) is 4.73. The molecular formula is C17H14Cl2N6O3S. The van der Waals surface area contributed by atoms with Crippen LogP contribution < -0.4 is 10.0 Å². The van der Waals surface area contributed by atoms with Gasteiger partial charge in [-0.1, -0.05) is 23.2 Å². The van der Waals surface area contributed by atoms with Gasteiger partial charge in [-0.2, -0.15) is 0 Å². The summed E-state index contributed by atoms with van der Waals surface area (Å²) in [5.41, 5.74) is 1.19. The van der Waals surface area contributed by atoms with Gasteiger partial charge in [0.15, 0.2) is 0 Å². The zero-order chi connectivity index (χ0) is 20.6. The summed E-state index contributed by atoms with van der Waals surface area (Å²) in [6.45, 7) is 0. The van der Waals surface area contributed by atoms with Crippen LogP contribution in [-0.4, -0.2) is 40.6 Å². The Morgan fingerprint density at radius 3 is 2.45 bits per heavy atom. The van der Waals surface area contributed by atoms with E-state index in [9.17, 15) is 13.2 Å². The maximum absolute atomic E-state index is 12.7. The van der Waals surface area contributed by atoms with E-state index < -0.39 is 15.9 Å². The first kappa shape index (κ1) is 19.8. The maximum Gasteiger partial charge on any atom is 0.257 e. The van der Waals surface area contributed by atoms with Crippen molar-refractivity contribution in [3.8, 4) is 5.69 Å². The molecule has 150 valence electrons. The lowest BCUT2D eigenvalue weighted by Crippen LogP contribution is -2.26. The predicted molar refractivity (Wildman–Crippen MR) is 107 cm³/mol. The molecule has 9 nitrogen and oxygen atoms in total. The Bertz CT molecular complexity index is 1160. The summed E-state index contributed by atoms with van der Waals surface area (Å²) in [7, 11) is -3.85. The zero-order valence-electron chi connectivity index (χ0n) is 14.7. The highest BCUT2D eigenvalue weighted by atomic mass is 35.5. The predicted octanol–water partition coefficient (Wildman–Crippen LogP) is 2.66. The van der Waals surface area contributed by atoms with Gasteiger partial charge < -0.3 is 5.32 Å². The van der Waals surface area contributed by atoms with Crippen molar-refractivity contribution in [3.63, 3.8) is 0 Å². The minimum atomic E-state index is -3.85. The van der Waals surface area contributed by atoms with Gasteiger partial charge in [0, 0.05) is 11.7 Å². The molecule has 1 aliphatic carbocycles. The van der Waals surface area contributed by atoms with E-state index in [4.69, 9.17) is 23.2 Å². The first-order valence-corrected chi connectivity index (χ1v) is 10.7. The van der Waals surface area contributed by atoms with Gasteiger partial charge in [-0.15, -0.1) is 5.10 Å². The van der Waals surface area contributed by atoms with Crippen LogP contribution in [0.15, 0.2) is 47.6 Å². The average Bonchev–Trinajstić information content (AvgIpc) is 3.29. The Morgan fingerprint density at radius 1 is 1.10 bits per heavy atom. The number of aromatic nitrogens is 4. The summed E-state index contributed by atoms with van der Waals surface area (Å²) >= 11 is 12.2. The Labute approximate surface area is 176 Å². The van der Waals surface area contributed by atoms with Crippen molar-refractivity contribution >= 4 is 44.8 Å². The van der Waals surface area contributed by atoms with E-state index in [1.165, 1.54) is 23.1 Å². The highest BCUT2D eigenvalue weighted by Crippen LogP contribution is 2.31. The number of halogens is 2. The summed E-state index contributed by atoms with van der Waals surface area (Å²) in [5, 5.41) is 13.6. The van der Waals surface area contributed by atoms with Crippen LogP contribution in [0.1, 0.15) is 23.2 Å². The van der Waals surface area contributed by atoms with Crippen LogP contribution in [0.25, 0.3) is 5.69 Å². The SMILES string of the molecule is O=C(Nc1ccc(-n2cnnn2)cc1)c1cc(S(=O)(=O)NC2CC2)c(Cl)cc1Cl. The van der Waals surface area contributed by atoms with Gasteiger partial charge in [-0.05, 0) is 59.7 Å². The summed E-state index contributed by atoms with van der Waals surface area (Å²) < 4.78 is 29.0. The van der Waals surface area contributed by atoms with Crippen LogP contribution in [-0.2, 0) is 10.0 Å². The van der Waals surface area contributed by atoms with Gasteiger partial charge in [0.05, 0.1) is 21.3 Å². The molecule has 0 spiro atoms. The molecule has 0 saturated heterocycles. The summed E-state index contributed by atoms with van der Waals surface area (Å²) in [6.07, 6.45) is 3.00. The third-order valence-electron chi connectivity index (χ3n) is 4.19. The van der Waals surface area contributed by atoms with Crippen molar-refractivity contribution < 1.29 is 13.2 Å². The van der Waals surface area contributed by atoms with Gasteiger partial charge >= 0.3 is 0 Å². The first-order chi connectivity index (χ1) is 13.8. The highest BCUT2D eigenvalue weighted by molar-refractivity contribution is 7.89. The standard InChI is InChI=1S/C17H14Cl2N6O3S/c18-14-8-15(19)16(29(27,28)22-11-1-2-11)7-13(14)17(26)21-10-3-5-12(6-4-10)25-9-20-23-24-25/h3-9,11,22H,1-2H2,(H,21,26). The molecule has 1 heterocycles. The van der Waals surface area contributed by atoms with Crippen LogP contribution in [0.5, 0.6) is 0 Å². The smallest absolute Gasteiger partial charge is 0.257 e. The molecular weight excluding hydrogens is 439 g/mol. The van der Waals surface area contributed by atoms with Gasteiger partial charge in [0.25, 0.3) is 5.91 Å². The molecule has 0 aliphatic heterocycles. The fourth-order valence-electron chi connectivity index (χ4n) is 2.57. The second-order valence-electron chi connectivity index (χ2n) is 6.41. The van der Waals surface area contributed by atoms with Crippen molar-refractivity contribution in [2.45, 2.75) is 23.8 Å².